The molecule has 120 valence electrons. The van der Waals surface area contributed by atoms with Crippen LogP contribution in [0.4, 0.5) is 5.69 Å². The molecule has 0 aliphatic carbocycles. The number of amides is 1. The van der Waals surface area contributed by atoms with E-state index in [2.05, 4.69) is 10.6 Å². The van der Waals surface area contributed by atoms with Crippen LogP contribution in [0.15, 0.2) is 36.4 Å². The summed E-state index contributed by atoms with van der Waals surface area (Å²) in [6, 6.07) is 11.7. The molecule has 0 bridgehead atoms. The average molecular weight is 313 g/mol. The molecule has 5 nitrogen and oxygen atoms in total. The zero-order chi connectivity index (χ0) is 16.4. The molecule has 0 fully saturated rings. The largest absolute Gasteiger partial charge is 0.493 e. The quantitative estimate of drug-likeness (QED) is 0.932. The molecule has 3 N–H and O–H groups in total. The van der Waals surface area contributed by atoms with Gasteiger partial charge in [0.15, 0.2) is 11.5 Å². The van der Waals surface area contributed by atoms with Gasteiger partial charge < -0.3 is 14.4 Å². The van der Waals surface area contributed by atoms with Gasteiger partial charge in [0.05, 0.1) is 19.9 Å². The monoisotopic (exact) mass is 313 g/mol. The number of methoxy groups -OCH3 is 2. The molecule has 0 atom stereocenters. The number of hydrogen-bond donors (Lipinski definition) is 1. The number of quaternary nitrogens is 1. The molecule has 1 aliphatic rings. The zero-order valence-electron chi connectivity index (χ0n) is 13.5. The molecule has 1 aliphatic heterocycles. The molecule has 3 rings (SSSR count). The number of fused-ring (bicyclic) bond motifs is 1. The van der Waals surface area contributed by atoms with Gasteiger partial charge in [0.25, 0.3) is 0 Å². The standard InChI is InChI=1S/C18H20N2O3/c1-22-16-9-12-7-8-20(11-13(12)10-17(16)23-2)15-6-4-3-5-14(15)18(19)21/h3-6,9-10H,7-8,11H2,1-2H3,(H2,19,21)/p+1. The second-order valence-corrected chi connectivity index (χ2v) is 5.59. The summed E-state index contributed by atoms with van der Waals surface area (Å²) in [5.41, 5.74) is 7.61. The van der Waals surface area contributed by atoms with Crippen LogP contribution in [-0.2, 0) is 13.0 Å². The van der Waals surface area contributed by atoms with Gasteiger partial charge in [-0.05, 0) is 41.8 Å². The first-order chi connectivity index (χ1) is 11.1. The van der Waals surface area contributed by atoms with E-state index in [9.17, 15) is 4.79 Å². The molecule has 2 aromatic rings. The van der Waals surface area contributed by atoms with E-state index in [0.717, 1.165) is 36.7 Å². The van der Waals surface area contributed by atoms with E-state index < -0.39 is 0 Å². The SMILES string of the molecule is COc1cc2c(cc1OC)CN(c1ccccc1C([NH3+])=O)CC2. The highest BCUT2D eigenvalue weighted by molar-refractivity contribution is 5.93. The van der Waals surface area contributed by atoms with Crippen LogP contribution in [0.3, 0.4) is 0 Å². The van der Waals surface area contributed by atoms with E-state index in [1.165, 1.54) is 11.1 Å². The van der Waals surface area contributed by atoms with Crippen molar-refractivity contribution < 1.29 is 20.0 Å². The number of ether oxygens (including phenoxy) is 2. The van der Waals surface area contributed by atoms with Gasteiger partial charge in [-0.3, -0.25) is 5.73 Å². The molecule has 0 radical (unpaired) electrons. The average Bonchev–Trinajstić information content (AvgIpc) is 2.59. The maximum absolute atomic E-state index is 11.8. The van der Waals surface area contributed by atoms with Gasteiger partial charge in [-0.2, -0.15) is 0 Å². The molecule has 1 heterocycles. The van der Waals surface area contributed by atoms with E-state index in [-0.39, 0.29) is 5.91 Å². The van der Waals surface area contributed by atoms with Crippen molar-refractivity contribution in [1.29, 1.82) is 0 Å². The smallest absolute Gasteiger partial charge is 0.343 e. The molecule has 23 heavy (non-hydrogen) atoms. The fourth-order valence-corrected chi connectivity index (χ4v) is 3.07. The summed E-state index contributed by atoms with van der Waals surface area (Å²) in [4.78, 5) is 14.0. The van der Waals surface area contributed by atoms with Crippen LogP contribution in [0.25, 0.3) is 0 Å². The number of carbonyl (C=O) groups excluding carboxylic acids is 1. The lowest BCUT2D eigenvalue weighted by Crippen LogP contribution is -2.57. The van der Waals surface area contributed by atoms with Gasteiger partial charge in [-0.15, -0.1) is 0 Å². The lowest BCUT2D eigenvalue weighted by Gasteiger charge is -2.32. The van der Waals surface area contributed by atoms with Crippen molar-refractivity contribution in [3.63, 3.8) is 0 Å². The highest BCUT2D eigenvalue weighted by atomic mass is 16.5. The highest BCUT2D eigenvalue weighted by Crippen LogP contribution is 2.35. The van der Waals surface area contributed by atoms with Crippen molar-refractivity contribution in [2.45, 2.75) is 13.0 Å². The molecule has 0 spiro atoms. The number of benzene rings is 2. The second kappa shape index (κ2) is 6.30. The number of nitrogens with zero attached hydrogens (tertiary/aromatic N) is 1. The number of para-hydroxylation sites is 1. The molecular formula is C18H21N2O3+. The third-order valence-electron chi connectivity index (χ3n) is 4.26. The van der Waals surface area contributed by atoms with Crippen LogP contribution in [0.5, 0.6) is 11.5 Å². The summed E-state index contributed by atoms with van der Waals surface area (Å²) in [5, 5.41) is 0. The maximum Gasteiger partial charge on any atom is 0.343 e. The van der Waals surface area contributed by atoms with Gasteiger partial charge in [0, 0.05) is 13.1 Å². The Balaban J connectivity index is 1.96. The van der Waals surface area contributed by atoms with E-state index in [0.29, 0.717) is 5.56 Å². The Morgan fingerprint density at radius 3 is 2.39 bits per heavy atom. The topological polar surface area (TPSA) is 66.4 Å². The Morgan fingerprint density at radius 2 is 1.74 bits per heavy atom. The van der Waals surface area contributed by atoms with E-state index in [4.69, 9.17) is 9.47 Å². The van der Waals surface area contributed by atoms with Crippen LogP contribution in [-0.4, -0.2) is 26.7 Å². The number of hydrogen-bond acceptors (Lipinski definition) is 4. The van der Waals surface area contributed by atoms with E-state index >= 15 is 0 Å². The molecule has 1 amide bonds. The predicted octanol–water partition coefficient (Wildman–Crippen LogP) is 1.65. The lowest BCUT2D eigenvalue weighted by molar-refractivity contribution is -0.254. The van der Waals surface area contributed by atoms with Gasteiger partial charge >= 0.3 is 5.91 Å². The van der Waals surface area contributed by atoms with Crippen molar-refractivity contribution in [3.05, 3.63) is 53.1 Å². The lowest BCUT2D eigenvalue weighted by atomic mass is 9.97. The molecule has 5 heteroatoms. The van der Waals surface area contributed by atoms with Crippen LogP contribution in [0.1, 0.15) is 21.5 Å². The summed E-state index contributed by atoms with van der Waals surface area (Å²) < 4.78 is 10.8. The minimum atomic E-state index is -0.154. The van der Waals surface area contributed by atoms with Crippen molar-refractivity contribution in [3.8, 4) is 11.5 Å². The summed E-state index contributed by atoms with van der Waals surface area (Å²) in [6.07, 6.45) is 0.898. The maximum atomic E-state index is 11.8. The highest BCUT2D eigenvalue weighted by Gasteiger charge is 2.23. The van der Waals surface area contributed by atoms with Crippen molar-refractivity contribution in [2.75, 3.05) is 25.7 Å². The fourth-order valence-electron chi connectivity index (χ4n) is 3.07. The normalized spacial score (nSPS) is 13.4. The van der Waals surface area contributed by atoms with Crippen LogP contribution in [0, 0.1) is 0 Å². The first kappa shape index (κ1) is 15.4. The van der Waals surface area contributed by atoms with Crippen molar-refractivity contribution in [2.24, 2.45) is 0 Å². The van der Waals surface area contributed by atoms with E-state index in [1.807, 2.05) is 36.4 Å². The van der Waals surface area contributed by atoms with Gasteiger partial charge in [-0.25, -0.2) is 4.79 Å². The van der Waals surface area contributed by atoms with Crippen LogP contribution < -0.4 is 20.1 Å². The van der Waals surface area contributed by atoms with Gasteiger partial charge in [0.1, 0.15) is 5.56 Å². The molecule has 0 saturated carbocycles. The summed E-state index contributed by atoms with van der Waals surface area (Å²) >= 11 is 0. The number of rotatable bonds is 4. The summed E-state index contributed by atoms with van der Waals surface area (Å²) in [7, 11) is 3.29. The van der Waals surface area contributed by atoms with Crippen molar-refractivity contribution >= 4 is 11.6 Å². The molecule has 0 saturated heterocycles. The summed E-state index contributed by atoms with van der Waals surface area (Å²) in [6.45, 7) is 1.59. The minimum absolute atomic E-state index is 0.154. The summed E-state index contributed by atoms with van der Waals surface area (Å²) in [5.74, 6) is 1.33. The fraction of sp³-hybridized carbons (Fsp3) is 0.278. The molecular weight excluding hydrogens is 292 g/mol. The first-order valence-corrected chi connectivity index (χ1v) is 7.58. The Kier molecular flexibility index (Phi) is 4.21. The predicted molar refractivity (Wildman–Crippen MR) is 88.0 cm³/mol. The van der Waals surface area contributed by atoms with Gasteiger partial charge in [-0.1, -0.05) is 12.1 Å². The number of carbonyl (C=O) groups is 1. The Morgan fingerprint density at radius 1 is 1.09 bits per heavy atom. The Bertz CT molecular complexity index is 743. The van der Waals surface area contributed by atoms with Crippen molar-refractivity contribution in [1.82, 2.24) is 0 Å². The zero-order valence-corrected chi connectivity index (χ0v) is 13.5. The number of anilines is 1. The Labute approximate surface area is 135 Å². The molecule has 0 aromatic heterocycles. The van der Waals surface area contributed by atoms with Crippen LogP contribution in [0.2, 0.25) is 0 Å². The Hall–Kier alpha value is -2.53. The van der Waals surface area contributed by atoms with Gasteiger partial charge in [0.2, 0.25) is 0 Å². The third kappa shape index (κ3) is 2.87. The minimum Gasteiger partial charge on any atom is -0.493 e. The van der Waals surface area contributed by atoms with Crippen LogP contribution >= 0.6 is 0 Å². The molecule has 0 unspecified atom stereocenters. The van der Waals surface area contributed by atoms with E-state index in [1.54, 1.807) is 14.2 Å². The first-order valence-electron chi connectivity index (χ1n) is 7.58. The molecule has 2 aromatic carbocycles. The third-order valence-corrected chi connectivity index (χ3v) is 4.26. The second-order valence-electron chi connectivity index (χ2n) is 5.59.